The van der Waals surface area contributed by atoms with E-state index in [0.717, 1.165) is 53.2 Å². The van der Waals surface area contributed by atoms with Crippen LogP contribution in [0.1, 0.15) is 36.9 Å². The maximum Gasteiger partial charge on any atom is 0.224 e. The zero-order chi connectivity index (χ0) is 23.0. The Morgan fingerprint density at radius 3 is 2.79 bits per heavy atom. The number of nitrogens with one attached hydrogen (secondary N) is 2. The van der Waals surface area contributed by atoms with Gasteiger partial charge in [0, 0.05) is 43.4 Å². The number of aromatic amines is 1. The molecule has 0 saturated heterocycles. The largest absolute Gasteiger partial charge is 0.494 e. The van der Waals surface area contributed by atoms with Crippen molar-refractivity contribution in [1.29, 1.82) is 0 Å². The summed E-state index contributed by atoms with van der Waals surface area (Å²) in [6.45, 7) is 1.19. The SMILES string of the molecule is CN(CCCc1cc(-c2ccccc2)n[nH]1)C(=O)CCCOc1ccc2c(c1)CCC(=O)N2. The van der Waals surface area contributed by atoms with Crippen LogP contribution in [0.15, 0.2) is 54.6 Å². The van der Waals surface area contributed by atoms with Gasteiger partial charge in [0.2, 0.25) is 11.8 Å². The molecule has 2 N–H and O–H groups in total. The summed E-state index contributed by atoms with van der Waals surface area (Å²) in [4.78, 5) is 25.7. The smallest absolute Gasteiger partial charge is 0.224 e. The molecule has 3 aromatic rings. The fourth-order valence-corrected chi connectivity index (χ4v) is 3.93. The lowest BCUT2D eigenvalue weighted by atomic mass is 10.0. The number of fused-ring (bicyclic) bond motifs is 1. The molecule has 1 aliphatic rings. The van der Waals surface area contributed by atoms with E-state index < -0.39 is 0 Å². The number of H-pyrrole nitrogens is 1. The molecule has 0 atom stereocenters. The van der Waals surface area contributed by atoms with Crippen molar-refractivity contribution in [2.24, 2.45) is 0 Å². The first-order valence-electron chi connectivity index (χ1n) is 11.5. The van der Waals surface area contributed by atoms with Gasteiger partial charge < -0.3 is 15.0 Å². The quantitative estimate of drug-likeness (QED) is 0.457. The number of nitrogens with zero attached hydrogens (tertiary/aromatic N) is 2. The minimum absolute atomic E-state index is 0.0558. The lowest BCUT2D eigenvalue weighted by Crippen LogP contribution is -2.28. The fourth-order valence-electron chi connectivity index (χ4n) is 3.93. The molecule has 0 unspecified atom stereocenters. The van der Waals surface area contributed by atoms with E-state index in [0.29, 0.717) is 32.4 Å². The van der Waals surface area contributed by atoms with Crippen LogP contribution in [0.25, 0.3) is 11.3 Å². The van der Waals surface area contributed by atoms with Crippen molar-refractivity contribution in [3.05, 3.63) is 65.9 Å². The number of hydrogen-bond acceptors (Lipinski definition) is 4. The first kappa shape index (κ1) is 22.6. The number of anilines is 1. The minimum Gasteiger partial charge on any atom is -0.494 e. The van der Waals surface area contributed by atoms with Gasteiger partial charge in [-0.25, -0.2) is 0 Å². The van der Waals surface area contributed by atoms with E-state index in [1.807, 2.05) is 55.6 Å². The number of rotatable bonds is 10. The molecule has 1 aliphatic heterocycles. The van der Waals surface area contributed by atoms with Crippen molar-refractivity contribution in [3.8, 4) is 17.0 Å². The van der Waals surface area contributed by atoms with Crippen LogP contribution >= 0.6 is 0 Å². The lowest BCUT2D eigenvalue weighted by molar-refractivity contribution is -0.130. The molecule has 2 heterocycles. The van der Waals surface area contributed by atoms with Crippen molar-refractivity contribution in [1.82, 2.24) is 15.1 Å². The van der Waals surface area contributed by atoms with Gasteiger partial charge in [-0.2, -0.15) is 5.10 Å². The fraction of sp³-hybridized carbons (Fsp3) is 0.346. The van der Waals surface area contributed by atoms with Crippen molar-refractivity contribution in [2.75, 3.05) is 25.5 Å². The highest BCUT2D eigenvalue weighted by Crippen LogP contribution is 2.27. The summed E-state index contributed by atoms with van der Waals surface area (Å²) in [5.41, 5.74) is 5.07. The molecule has 7 heteroatoms. The molecule has 0 fully saturated rings. The Labute approximate surface area is 194 Å². The van der Waals surface area contributed by atoms with Gasteiger partial charge in [0.1, 0.15) is 5.75 Å². The van der Waals surface area contributed by atoms with E-state index in [9.17, 15) is 9.59 Å². The monoisotopic (exact) mass is 446 g/mol. The second kappa shape index (κ2) is 10.8. The Balaban J connectivity index is 1.13. The summed E-state index contributed by atoms with van der Waals surface area (Å²) in [6, 6.07) is 17.9. The van der Waals surface area contributed by atoms with Crippen LogP contribution in [0.4, 0.5) is 5.69 Å². The normalized spacial score (nSPS) is 12.7. The molecule has 0 saturated carbocycles. The van der Waals surface area contributed by atoms with E-state index in [1.54, 1.807) is 4.90 Å². The van der Waals surface area contributed by atoms with Crippen molar-refractivity contribution >= 4 is 17.5 Å². The van der Waals surface area contributed by atoms with Crippen molar-refractivity contribution in [3.63, 3.8) is 0 Å². The highest BCUT2D eigenvalue weighted by Gasteiger charge is 2.15. The third-order valence-corrected chi connectivity index (χ3v) is 5.84. The Kier molecular flexibility index (Phi) is 7.40. The first-order chi connectivity index (χ1) is 16.1. The zero-order valence-corrected chi connectivity index (χ0v) is 19.0. The number of carbonyl (C=O) groups is 2. The summed E-state index contributed by atoms with van der Waals surface area (Å²) >= 11 is 0. The van der Waals surface area contributed by atoms with E-state index in [4.69, 9.17) is 4.74 Å². The number of aromatic nitrogens is 2. The van der Waals surface area contributed by atoms with E-state index in [1.165, 1.54) is 0 Å². The van der Waals surface area contributed by atoms with Gasteiger partial charge in [0.25, 0.3) is 0 Å². The first-order valence-corrected chi connectivity index (χ1v) is 11.5. The molecular weight excluding hydrogens is 416 g/mol. The lowest BCUT2D eigenvalue weighted by Gasteiger charge is -2.18. The van der Waals surface area contributed by atoms with E-state index in [2.05, 4.69) is 21.6 Å². The summed E-state index contributed by atoms with van der Waals surface area (Å²) in [5, 5.41) is 10.3. The molecule has 2 amide bonds. The van der Waals surface area contributed by atoms with Crippen LogP contribution in [-0.4, -0.2) is 47.1 Å². The molecule has 7 nitrogen and oxygen atoms in total. The standard InChI is InChI=1S/C26H30N4O3/c1-30(15-5-9-21-18-24(29-28-21)19-7-3-2-4-8-19)26(32)10-6-16-33-22-12-13-23-20(17-22)11-14-25(31)27-23/h2-4,7-8,12-13,17-18H,5-6,9-11,14-16H2,1H3,(H,27,31)(H,28,29). The molecule has 0 aliphatic carbocycles. The third kappa shape index (κ3) is 6.22. The molecule has 0 spiro atoms. The number of ether oxygens (including phenoxy) is 1. The Morgan fingerprint density at radius 2 is 1.94 bits per heavy atom. The Hall–Kier alpha value is -3.61. The molecule has 33 heavy (non-hydrogen) atoms. The number of hydrogen-bond donors (Lipinski definition) is 2. The predicted octanol–water partition coefficient (Wildman–Crippen LogP) is 4.21. The molecule has 0 bridgehead atoms. The van der Waals surface area contributed by atoms with E-state index in [-0.39, 0.29) is 11.8 Å². The Bertz CT molecular complexity index is 1090. The van der Waals surface area contributed by atoms with Gasteiger partial charge in [-0.15, -0.1) is 0 Å². The van der Waals surface area contributed by atoms with Gasteiger partial charge in [-0.05, 0) is 55.5 Å². The highest BCUT2D eigenvalue weighted by atomic mass is 16.5. The second-order valence-electron chi connectivity index (χ2n) is 8.38. The number of carbonyl (C=O) groups excluding carboxylic acids is 2. The zero-order valence-electron chi connectivity index (χ0n) is 19.0. The van der Waals surface area contributed by atoms with Crippen LogP contribution in [-0.2, 0) is 22.4 Å². The van der Waals surface area contributed by atoms with Gasteiger partial charge >= 0.3 is 0 Å². The predicted molar refractivity (Wildman–Crippen MR) is 128 cm³/mol. The molecule has 1 aromatic heterocycles. The van der Waals surface area contributed by atoms with Crippen LogP contribution in [0.2, 0.25) is 0 Å². The van der Waals surface area contributed by atoms with Gasteiger partial charge in [0.15, 0.2) is 0 Å². The molecule has 172 valence electrons. The van der Waals surface area contributed by atoms with Gasteiger partial charge in [0.05, 0.1) is 12.3 Å². The summed E-state index contributed by atoms with van der Waals surface area (Å²) < 4.78 is 5.81. The minimum atomic E-state index is 0.0558. The summed E-state index contributed by atoms with van der Waals surface area (Å²) in [6.07, 6.45) is 4.08. The third-order valence-electron chi connectivity index (χ3n) is 5.84. The van der Waals surface area contributed by atoms with Crippen LogP contribution < -0.4 is 10.1 Å². The van der Waals surface area contributed by atoms with Gasteiger partial charge in [-0.3, -0.25) is 14.7 Å². The molecular formula is C26H30N4O3. The highest BCUT2D eigenvalue weighted by molar-refractivity contribution is 5.94. The van der Waals surface area contributed by atoms with Crippen LogP contribution in [0.5, 0.6) is 5.75 Å². The molecule has 4 rings (SSSR count). The number of aryl methyl sites for hydroxylation is 2. The van der Waals surface area contributed by atoms with Gasteiger partial charge in [-0.1, -0.05) is 30.3 Å². The Morgan fingerprint density at radius 1 is 1.09 bits per heavy atom. The summed E-state index contributed by atoms with van der Waals surface area (Å²) in [5.74, 6) is 0.960. The topological polar surface area (TPSA) is 87.3 Å². The maximum absolute atomic E-state index is 12.4. The number of benzene rings is 2. The average Bonchev–Trinajstić information content (AvgIpc) is 3.31. The summed E-state index contributed by atoms with van der Waals surface area (Å²) in [7, 11) is 1.85. The molecule has 2 aromatic carbocycles. The van der Waals surface area contributed by atoms with E-state index >= 15 is 0 Å². The second-order valence-corrected chi connectivity index (χ2v) is 8.38. The number of amides is 2. The average molecular weight is 447 g/mol. The van der Waals surface area contributed by atoms with Crippen LogP contribution in [0, 0.1) is 0 Å². The molecule has 0 radical (unpaired) electrons. The van der Waals surface area contributed by atoms with Crippen molar-refractivity contribution < 1.29 is 14.3 Å². The van der Waals surface area contributed by atoms with Crippen LogP contribution in [0.3, 0.4) is 0 Å². The maximum atomic E-state index is 12.4. The van der Waals surface area contributed by atoms with Crippen molar-refractivity contribution in [2.45, 2.75) is 38.5 Å².